The number of fused-ring (bicyclic) bond motifs is 2. The fourth-order valence-electron chi connectivity index (χ4n) is 5.16. The maximum Gasteiger partial charge on any atom is 0.229 e. The van der Waals surface area contributed by atoms with Crippen molar-refractivity contribution >= 4 is 23.4 Å². The summed E-state index contributed by atoms with van der Waals surface area (Å²) in [4.78, 5) is 22.7. The van der Waals surface area contributed by atoms with Crippen LogP contribution in [-0.2, 0) is 4.79 Å². The van der Waals surface area contributed by atoms with Gasteiger partial charge in [0.1, 0.15) is 11.9 Å². The van der Waals surface area contributed by atoms with Crippen LogP contribution in [0.1, 0.15) is 19.3 Å². The van der Waals surface area contributed by atoms with E-state index < -0.39 is 5.82 Å². The zero-order chi connectivity index (χ0) is 22.9. The third-order valence-electron chi connectivity index (χ3n) is 6.89. The molecule has 1 saturated heterocycles. The highest BCUT2D eigenvalue weighted by Crippen LogP contribution is 2.44. The van der Waals surface area contributed by atoms with Gasteiger partial charge in [0.25, 0.3) is 0 Å². The van der Waals surface area contributed by atoms with Gasteiger partial charge in [0.15, 0.2) is 11.6 Å². The minimum absolute atomic E-state index is 0.0587. The van der Waals surface area contributed by atoms with Crippen molar-refractivity contribution in [3.8, 4) is 5.75 Å². The van der Waals surface area contributed by atoms with Crippen molar-refractivity contribution in [1.82, 2.24) is 14.9 Å². The second-order valence-corrected chi connectivity index (χ2v) is 9.21. The van der Waals surface area contributed by atoms with Gasteiger partial charge in [-0.3, -0.25) is 4.79 Å². The third kappa shape index (κ3) is 4.64. The van der Waals surface area contributed by atoms with Crippen LogP contribution in [0, 0.1) is 23.6 Å². The van der Waals surface area contributed by atoms with E-state index in [0.29, 0.717) is 0 Å². The largest absolute Gasteiger partial charge is 0.490 e. The zero-order valence-corrected chi connectivity index (χ0v) is 18.6. The number of carbonyl (C=O) groups excluding carboxylic acids is 1. The molecule has 174 valence electrons. The average molecular weight is 453 g/mol. The summed E-state index contributed by atoms with van der Waals surface area (Å²) in [7, 11) is 2.12. The molecular formula is C24H29FN6O2. The van der Waals surface area contributed by atoms with Gasteiger partial charge in [-0.15, -0.1) is 0 Å². The summed E-state index contributed by atoms with van der Waals surface area (Å²) >= 11 is 0. The summed E-state index contributed by atoms with van der Waals surface area (Å²) in [6.45, 7) is 2.05. The van der Waals surface area contributed by atoms with Crippen molar-refractivity contribution in [2.45, 2.75) is 31.4 Å². The number of rotatable bonds is 7. The van der Waals surface area contributed by atoms with E-state index in [-0.39, 0.29) is 47.6 Å². The van der Waals surface area contributed by atoms with E-state index in [2.05, 4.69) is 38.6 Å². The van der Waals surface area contributed by atoms with Crippen LogP contribution in [0.4, 0.5) is 21.8 Å². The van der Waals surface area contributed by atoms with E-state index in [1.807, 2.05) is 30.3 Å². The first kappa shape index (κ1) is 21.6. The van der Waals surface area contributed by atoms with Crippen molar-refractivity contribution in [3.63, 3.8) is 0 Å². The molecule has 1 amide bonds. The van der Waals surface area contributed by atoms with Crippen LogP contribution in [0.5, 0.6) is 5.75 Å². The van der Waals surface area contributed by atoms with Crippen LogP contribution in [0.3, 0.4) is 0 Å². The predicted molar refractivity (Wildman–Crippen MR) is 124 cm³/mol. The fourth-order valence-corrected chi connectivity index (χ4v) is 5.16. The van der Waals surface area contributed by atoms with Gasteiger partial charge < -0.3 is 26.0 Å². The van der Waals surface area contributed by atoms with Crippen molar-refractivity contribution < 1.29 is 13.9 Å². The Hall–Kier alpha value is -3.20. The Morgan fingerprint density at radius 3 is 2.82 bits per heavy atom. The molecule has 2 bridgehead atoms. The highest BCUT2D eigenvalue weighted by molar-refractivity contribution is 5.79. The number of benzene rings is 1. The van der Waals surface area contributed by atoms with Crippen LogP contribution >= 0.6 is 0 Å². The van der Waals surface area contributed by atoms with Crippen molar-refractivity contribution in [2.24, 2.45) is 23.5 Å². The first-order valence-corrected chi connectivity index (χ1v) is 11.5. The molecule has 1 aliphatic heterocycles. The van der Waals surface area contributed by atoms with Crippen molar-refractivity contribution in [3.05, 3.63) is 48.4 Å². The number of hydrogen-bond donors (Lipinski definition) is 3. The lowest BCUT2D eigenvalue weighted by Gasteiger charge is -2.29. The smallest absolute Gasteiger partial charge is 0.229 e. The van der Waals surface area contributed by atoms with Gasteiger partial charge >= 0.3 is 0 Å². The van der Waals surface area contributed by atoms with Crippen LogP contribution in [-0.4, -0.2) is 53.1 Å². The summed E-state index contributed by atoms with van der Waals surface area (Å²) in [6.07, 6.45) is 8.25. The molecule has 8 nitrogen and oxygen atoms in total. The molecule has 33 heavy (non-hydrogen) atoms. The molecule has 0 radical (unpaired) electrons. The molecule has 4 atom stereocenters. The lowest BCUT2D eigenvalue weighted by Crippen LogP contribution is -2.41. The topological polar surface area (TPSA) is 105 Å². The van der Waals surface area contributed by atoms with Crippen LogP contribution in [0.15, 0.2) is 42.6 Å². The quantitative estimate of drug-likeness (QED) is 0.555. The lowest BCUT2D eigenvalue weighted by atomic mass is 9.88. The molecule has 2 aromatic rings. The van der Waals surface area contributed by atoms with Gasteiger partial charge in [0.2, 0.25) is 11.9 Å². The maximum absolute atomic E-state index is 14.5. The second kappa shape index (κ2) is 8.97. The number of likely N-dealkylation sites (tertiary alicyclic amines) is 1. The summed E-state index contributed by atoms with van der Waals surface area (Å²) in [5, 5.41) is 6.25. The fraction of sp³-hybridized carbons (Fsp3) is 0.458. The van der Waals surface area contributed by atoms with E-state index in [4.69, 9.17) is 10.5 Å². The Bertz CT molecular complexity index is 1060. The molecule has 1 saturated carbocycles. The summed E-state index contributed by atoms with van der Waals surface area (Å²) in [6, 6.07) is 7.32. The first-order valence-electron chi connectivity index (χ1n) is 11.5. The van der Waals surface area contributed by atoms with Gasteiger partial charge in [0, 0.05) is 30.9 Å². The number of allylic oxidation sites excluding steroid dienone is 1. The van der Waals surface area contributed by atoms with Gasteiger partial charge in [-0.25, -0.2) is 9.37 Å². The Balaban J connectivity index is 1.28. The number of nitrogens with one attached hydrogen (secondary N) is 2. The van der Waals surface area contributed by atoms with Gasteiger partial charge in [-0.2, -0.15) is 4.98 Å². The summed E-state index contributed by atoms with van der Waals surface area (Å²) in [5.41, 5.74) is 6.37. The second-order valence-electron chi connectivity index (χ2n) is 9.21. The molecule has 1 aromatic heterocycles. The van der Waals surface area contributed by atoms with E-state index in [1.54, 1.807) is 0 Å². The molecule has 3 aliphatic rings. The van der Waals surface area contributed by atoms with Crippen LogP contribution in [0.25, 0.3) is 0 Å². The monoisotopic (exact) mass is 452 g/mol. The van der Waals surface area contributed by atoms with E-state index in [0.717, 1.165) is 50.0 Å². The first-order chi connectivity index (χ1) is 16.0. The number of halogens is 1. The number of primary amides is 1. The number of carbonyl (C=O) groups is 1. The number of nitrogens with two attached hydrogens (primary N) is 1. The SMILES string of the molecule is CN1CCC(Oc2cccc(Nc3ncc(F)c(N[C@H]4[C@@H](C(N)=O)[C@@H]5C=C[C@H]4C5)n3)c2)CC1. The highest BCUT2D eigenvalue weighted by atomic mass is 19.1. The molecule has 1 aromatic carbocycles. The number of aromatic nitrogens is 2. The van der Waals surface area contributed by atoms with Crippen molar-refractivity contribution in [1.29, 1.82) is 0 Å². The third-order valence-corrected chi connectivity index (χ3v) is 6.89. The highest BCUT2D eigenvalue weighted by Gasteiger charge is 2.47. The normalized spacial score (nSPS) is 27.0. The molecule has 4 N–H and O–H groups in total. The molecule has 2 heterocycles. The Kier molecular flexibility index (Phi) is 5.88. The Labute approximate surface area is 192 Å². The molecular weight excluding hydrogens is 423 g/mol. The van der Waals surface area contributed by atoms with Gasteiger partial charge in [0.05, 0.1) is 12.1 Å². The Morgan fingerprint density at radius 1 is 1.24 bits per heavy atom. The van der Waals surface area contributed by atoms with Crippen LogP contribution in [0.2, 0.25) is 0 Å². The maximum atomic E-state index is 14.5. The zero-order valence-electron chi connectivity index (χ0n) is 18.6. The van der Waals surface area contributed by atoms with Crippen LogP contribution < -0.4 is 21.1 Å². The van der Waals surface area contributed by atoms with Crippen molar-refractivity contribution in [2.75, 3.05) is 30.8 Å². The molecule has 0 unspecified atom stereocenters. The number of piperidine rings is 1. The summed E-state index contributed by atoms with van der Waals surface area (Å²) in [5.74, 6) is -0.0136. The standard InChI is InChI=1S/C24H29FN6O2/c1-31-9-7-17(8-10-31)33-18-4-2-3-16(12-18)28-24-27-13-19(25)23(30-24)29-21-15-6-5-14(11-15)20(21)22(26)32/h2-6,12-15,17,20-21H,7-11H2,1H3,(H2,26,32)(H2,27,28,29,30)/t14-,15+,20+,21-/m1/s1. The van der Waals surface area contributed by atoms with E-state index in [9.17, 15) is 9.18 Å². The molecule has 2 fully saturated rings. The minimum Gasteiger partial charge on any atom is -0.490 e. The minimum atomic E-state index is -0.574. The lowest BCUT2D eigenvalue weighted by molar-refractivity contribution is -0.122. The molecule has 9 heteroatoms. The number of hydrogen-bond acceptors (Lipinski definition) is 7. The average Bonchev–Trinajstić information content (AvgIpc) is 3.40. The molecule has 0 spiro atoms. The number of amides is 1. The predicted octanol–water partition coefficient (Wildman–Crippen LogP) is 2.92. The number of anilines is 3. The van der Waals surface area contributed by atoms with Gasteiger partial charge in [-0.1, -0.05) is 18.2 Å². The number of nitrogens with zero attached hydrogens (tertiary/aromatic N) is 3. The van der Waals surface area contributed by atoms with Gasteiger partial charge in [-0.05, 0) is 50.3 Å². The summed E-state index contributed by atoms with van der Waals surface area (Å²) < 4.78 is 20.7. The Morgan fingerprint density at radius 2 is 2.03 bits per heavy atom. The van der Waals surface area contributed by atoms with E-state index >= 15 is 0 Å². The number of ether oxygens (including phenoxy) is 1. The van der Waals surface area contributed by atoms with E-state index in [1.165, 1.54) is 0 Å². The molecule has 2 aliphatic carbocycles. The molecule has 5 rings (SSSR count).